The summed E-state index contributed by atoms with van der Waals surface area (Å²) in [6.07, 6.45) is 2.93. The average molecular weight is 350 g/mol. The van der Waals surface area contributed by atoms with E-state index in [1.807, 2.05) is 12.3 Å². The lowest BCUT2D eigenvalue weighted by atomic mass is 9.80. The lowest BCUT2D eigenvalue weighted by molar-refractivity contribution is 0.0696. The second-order valence-corrected chi connectivity index (χ2v) is 7.81. The van der Waals surface area contributed by atoms with E-state index in [9.17, 15) is 9.90 Å². The van der Waals surface area contributed by atoms with Crippen molar-refractivity contribution in [2.24, 2.45) is 4.99 Å². The van der Waals surface area contributed by atoms with Gasteiger partial charge in [0.25, 0.3) is 0 Å². The number of hydrogen-bond donors (Lipinski definition) is 1. The van der Waals surface area contributed by atoms with Gasteiger partial charge in [0.1, 0.15) is 0 Å². The number of nitrogens with zero attached hydrogens (tertiary/aromatic N) is 2. The van der Waals surface area contributed by atoms with E-state index in [1.165, 1.54) is 11.3 Å². The summed E-state index contributed by atoms with van der Waals surface area (Å²) in [5.41, 5.74) is 5.46. The normalized spacial score (nSPS) is 18.8. The molecule has 136 valence electrons. The number of carbonyl (C=O) groups is 1. The zero-order valence-electron chi connectivity index (χ0n) is 16.1. The van der Waals surface area contributed by atoms with Gasteiger partial charge in [-0.3, -0.25) is 4.99 Å². The Morgan fingerprint density at radius 2 is 2.04 bits per heavy atom. The quantitative estimate of drug-likeness (QED) is 0.777. The zero-order valence-corrected chi connectivity index (χ0v) is 16.1. The van der Waals surface area contributed by atoms with Crippen LogP contribution < -0.4 is 4.90 Å². The summed E-state index contributed by atoms with van der Waals surface area (Å²) in [6, 6.07) is 11.6. The highest BCUT2D eigenvalue weighted by molar-refractivity contribution is 5.92. The zero-order chi connectivity index (χ0) is 19.1. The van der Waals surface area contributed by atoms with Gasteiger partial charge < -0.3 is 10.0 Å². The molecule has 3 rings (SSSR count). The van der Waals surface area contributed by atoms with Crippen LogP contribution in [0.4, 0.5) is 11.4 Å². The molecule has 1 atom stereocenters. The van der Waals surface area contributed by atoms with Crippen molar-refractivity contribution >= 4 is 23.6 Å². The lowest BCUT2D eigenvalue weighted by Crippen LogP contribution is -2.45. The van der Waals surface area contributed by atoms with Crippen molar-refractivity contribution in [2.75, 3.05) is 11.9 Å². The molecule has 0 spiro atoms. The largest absolute Gasteiger partial charge is 0.478 e. The highest BCUT2D eigenvalue weighted by atomic mass is 16.4. The molecule has 0 aromatic heterocycles. The molecule has 0 aliphatic carbocycles. The molecule has 1 unspecified atom stereocenters. The minimum absolute atomic E-state index is 0.149. The molecular formula is C22H26N2O2. The highest BCUT2D eigenvalue weighted by Crippen LogP contribution is 2.42. The summed E-state index contributed by atoms with van der Waals surface area (Å²) in [5.74, 6) is -0.436. The van der Waals surface area contributed by atoms with E-state index < -0.39 is 5.97 Å². The van der Waals surface area contributed by atoms with Crippen molar-refractivity contribution in [3.63, 3.8) is 0 Å². The topological polar surface area (TPSA) is 52.9 Å². The number of carboxylic acids is 1. The van der Waals surface area contributed by atoms with Gasteiger partial charge in [-0.15, -0.1) is 0 Å². The van der Waals surface area contributed by atoms with Crippen molar-refractivity contribution in [1.29, 1.82) is 0 Å². The number of hydrogen-bond acceptors (Lipinski definition) is 3. The van der Waals surface area contributed by atoms with Crippen molar-refractivity contribution in [1.82, 2.24) is 0 Å². The summed E-state index contributed by atoms with van der Waals surface area (Å²) < 4.78 is 0. The average Bonchev–Trinajstić information content (AvgIpc) is 2.58. The third-order valence-corrected chi connectivity index (χ3v) is 5.55. The van der Waals surface area contributed by atoms with Gasteiger partial charge in [-0.25, -0.2) is 4.79 Å². The van der Waals surface area contributed by atoms with E-state index in [-0.39, 0.29) is 5.54 Å². The van der Waals surface area contributed by atoms with E-state index in [0.717, 1.165) is 12.0 Å². The maximum Gasteiger partial charge on any atom is 0.336 e. The molecule has 1 N–H and O–H groups in total. The molecule has 0 saturated carbocycles. The molecule has 26 heavy (non-hydrogen) atoms. The predicted octanol–water partition coefficient (Wildman–Crippen LogP) is 5.17. The van der Waals surface area contributed by atoms with Crippen LogP contribution in [0.2, 0.25) is 0 Å². The molecule has 0 saturated heterocycles. The molecule has 0 bridgehead atoms. The second kappa shape index (κ2) is 6.60. The third-order valence-electron chi connectivity index (χ3n) is 5.55. The standard InChI is InChI=1S/C22H26N2O2/c1-14-12-22(3,4)24(5)20-10-9-16(11-18(14)20)13-23-19-8-6-7-17(15(19)2)21(25)26/h6-11,13-14H,12H2,1-5H3,(H,25,26). The molecule has 0 amide bonds. The van der Waals surface area contributed by atoms with Gasteiger partial charge in [-0.1, -0.05) is 19.1 Å². The van der Waals surface area contributed by atoms with Crippen molar-refractivity contribution in [2.45, 2.75) is 45.6 Å². The monoisotopic (exact) mass is 350 g/mol. The third kappa shape index (κ3) is 3.24. The van der Waals surface area contributed by atoms with Crippen LogP contribution >= 0.6 is 0 Å². The van der Waals surface area contributed by atoms with E-state index in [4.69, 9.17) is 0 Å². The fraction of sp³-hybridized carbons (Fsp3) is 0.364. The predicted molar refractivity (Wildman–Crippen MR) is 107 cm³/mol. The maximum atomic E-state index is 11.3. The van der Waals surface area contributed by atoms with Crippen LogP contribution in [0.15, 0.2) is 41.4 Å². The van der Waals surface area contributed by atoms with Crippen LogP contribution in [0, 0.1) is 6.92 Å². The van der Waals surface area contributed by atoms with Gasteiger partial charge in [0.15, 0.2) is 0 Å². The van der Waals surface area contributed by atoms with E-state index in [0.29, 0.717) is 22.7 Å². The molecule has 0 fully saturated rings. The first-order chi connectivity index (χ1) is 12.2. The Morgan fingerprint density at radius 3 is 2.73 bits per heavy atom. The van der Waals surface area contributed by atoms with E-state index in [1.54, 1.807) is 19.1 Å². The molecule has 1 aliphatic heterocycles. The van der Waals surface area contributed by atoms with Gasteiger partial charge in [0.05, 0.1) is 11.3 Å². The molecule has 4 nitrogen and oxygen atoms in total. The minimum atomic E-state index is -0.923. The van der Waals surface area contributed by atoms with Gasteiger partial charge in [-0.05, 0) is 74.1 Å². The van der Waals surface area contributed by atoms with Crippen LogP contribution in [0.5, 0.6) is 0 Å². The van der Waals surface area contributed by atoms with E-state index >= 15 is 0 Å². The van der Waals surface area contributed by atoms with Crippen LogP contribution in [0.1, 0.15) is 60.2 Å². The number of aromatic carboxylic acids is 1. The van der Waals surface area contributed by atoms with Crippen LogP contribution in [0.25, 0.3) is 0 Å². The first-order valence-corrected chi connectivity index (χ1v) is 8.95. The Hall–Kier alpha value is -2.62. The van der Waals surface area contributed by atoms with Crippen LogP contribution in [0.3, 0.4) is 0 Å². The number of fused-ring (bicyclic) bond motifs is 1. The molecule has 1 aliphatic rings. The van der Waals surface area contributed by atoms with Crippen LogP contribution in [-0.2, 0) is 0 Å². The second-order valence-electron chi connectivity index (χ2n) is 7.81. The molecule has 0 radical (unpaired) electrons. The summed E-state index contributed by atoms with van der Waals surface area (Å²) in [5, 5.41) is 9.25. The highest BCUT2D eigenvalue weighted by Gasteiger charge is 2.33. The Kier molecular flexibility index (Phi) is 4.61. The first-order valence-electron chi connectivity index (χ1n) is 8.95. The Bertz CT molecular complexity index is 884. The summed E-state index contributed by atoms with van der Waals surface area (Å²) in [4.78, 5) is 18.2. The molecular weight excluding hydrogens is 324 g/mol. The summed E-state index contributed by atoms with van der Waals surface area (Å²) in [6.45, 7) is 8.62. The Morgan fingerprint density at radius 1 is 1.31 bits per heavy atom. The number of aliphatic imine (C=N–C) groups is 1. The summed E-state index contributed by atoms with van der Waals surface area (Å²) in [7, 11) is 2.15. The van der Waals surface area contributed by atoms with Gasteiger partial charge in [0.2, 0.25) is 0 Å². The van der Waals surface area contributed by atoms with Crippen molar-refractivity contribution < 1.29 is 9.90 Å². The minimum Gasteiger partial charge on any atom is -0.478 e. The van der Waals surface area contributed by atoms with E-state index in [2.05, 4.69) is 55.9 Å². The molecule has 4 heteroatoms. The lowest BCUT2D eigenvalue weighted by Gasteiger charge is -2.45. The molecule has 2 aromatic rings. The fourth-order valence-corrected chi connectivity index (χ4v) is 3.81. The SMILES string of the molecule is Cc1c(N=Cc2ccc3c(c2)C(C)CC(C)(C)N3C)cccc1C(=O)O. The Labute approximate surface area is 155 Å². The van der Waals surface area contributed by atoms with Crippen molar-refractivity contribution in [3.05, 3.63) is 58.7 Å². The van der Waals surface area contributed by atoms with Gasteiger partial charge >= 0.3 is 5.97 Å². The van der Waals surface area contributed by atoms with Gasteiger partial charge in [0, 0.05) is 24.5 Å². The van der Waals surface area contributed by atoms with Crippen molar-refractivity contribution in [3.8, 4) is 0 Å². The number of anilines is 1. The number of rotatable bonds is 3. The number of benzene rings is 2. The van der Waals surface area contributed by atoms with Gasteiger partial charge in [-0.2, -0.15) is 0 Å². The Balaban J connectivity index is 1.94. The number of carboxylic acid groups (broad SMARTS) is 1. The fourth-order valence-electron chi connectivity index (χ4n) is 3.81. The molecule has 2 aromatic carbocycles. The smallest absolute Gasteiger partial charge is 0.336 e. The first kappa shape index (κ1) is 18.2. The molecule has 1 heterocycles. The van der Waals surface area contributed by atoms with Crippen LogP contribution in [-0.4, -0.2) is 29.9 Å². The maximum absolute atomic E-state index is 11.3. The summed E-state index contributed by atoms with van der Waals surface area (Å²) >= 11 is 0.